The van der Waals surface area contributed by atoms with Crippen molar-refractivity contribution >= 4 is 0 Å². The van der Waals surface area contributed by atoms with E-state index in [0.717, 1.165) is 0 Å². The standard InChI is InChI=1S/C7H16O2.CH4/c1-6(8-4)7(2,3)9-5;/h6H,1-5H3;1H4. The summed E-state index contributed by atoms with van der Waals surface area (Å²) in [4.78, 5) is 0. The molecule has 0 aliphatic heterocycles. The third-order valence-corrected chi connectivity index (χ3v) is 1.86. The van der Waals surface area contributed by atoms with Gasteiger partial charge in [-0.2, -0.15) is 0 Å². The summed E-state index contributed by atoms with van der Waals surface area (Å²) in [7, 11) is 3.38. The molecule has 1 atom stereocenters. The van der Waals surface area contributed by atoms with Crippen LogP contribution in [0.25, 0.3) is 0 Å². The zero-order valence-electron chi connectivity index (χ0n) is 6.89. The molecule has 0 bridgehead atoms. The lowest BCUT2D eigenvalue weighted by Crippen LogP contribution is -2.37. The summed E-state index contributed by atoms with van der Waals surface area (Å²) in [5, 5.41) is 0. The van der Waals surface area contributed by atoms with E-state index in [-0.39, 0.29) is 19.1 Å². The molecule has 0 rings (SSSR count). The van der Waals surface area contributed by atoms with Crippen molar-refractivity contribution in [3.63, 3.8) is 0 Å². The van der Waals surface area contributed by atoms with Crippen LogP contribution >= 0.6 is 0 Å². The average Bonchev–Trinajstić information content (AvgIpc) is 1.86. The molecular weight excluding hydrogens is 128 g/mol. The fourth-order valence-electron chi connectivity index (χ4n) is 0.450. The highest BCUT2D eigenvalue weighted by molar-refractivity contribution is 4.75. The van der Waals surface area contributed by atoms with Gasteiger partial charge in [0.15, 0.2) is 0 Å². The Morgan fingerprint density at radius 3 is 1.70 bits per heavy atom. The van der Waals surface area contributed by atoms with Gasteiger partial charge in [-0.05, 0) is 20.8 Å². The molecule has 0 fully saturated rings. The highest BCUT2D eigenvalue weighted by Crippen LogP contribution is 2.14. The second-order valence-corrected chi connectivity index (χ2v) is 2.69. The molecule has 0 heterocycles. The van der Waals surface area contributed by atoms with Gasteiger partial charge in [-0.1, -0.05) is 7.43 Å². The van der Waals surface area contributed by atoms with Crippen molar-refractivity contribution in [3.05, 3.63) is 0 Å². The molecule has 0 aromatic carbocycles. The van der Waals surface area contributed by atoms with Gasteiger partial charge in [0.05, 0.1) is 11.7 Å². The van der Waals surface area contributed by atoms with Gasteiger partial charge >= 0.3 is 0 Å². The van der Waals surface area contributed by atoms with Gasteiger partial charge in [-0.25, -0.2) is 0 Å². The van der Waals surface area contributed by atoms with E-state index in [1.807, 2.05) is 20.8 Å². The molecule has 0 N–H and O–H groups in total. The Morgan fingerprint density at radius 2 is 1.60 bits per heavy atom. The molecule has 0 saturated carbocycles. The number of hydrogen-bond donors (Lipinski definition) is 0. The predicted octanol–water partition coefficient (Wildman–Crippen LogP) is 2.08. The van der Waals surface area contributed by atoms with E-state index in [2.05, 4.69) is 0 Å². The van der Waals surface area contributed by atoms with E-state index in [1.165, 1.54) is 0 Å². The molecule has 0 aromatic heterocycles. The van der Waals surface area contributed by atoms with Crippen LogP contribution < -0.4 is 0 Å². The zero-order chi connectivity index (χ0) is 7.49. The van der Waals surface area contributed by atoms with Gasteiger partial charge in [-0.15, -0.1) is 0 Å². The summed E-state index contributed by atoms with van der Waals surface area (Å²) in [6.45, 7) is 5.99. The first-order chi connectivity index (χ1) is 4.04. The van der Waals surface area contributed by atoms with Gasteiger partial charge in [-0.3, -0.25) is 0 Å². The molecule has 10 heavy (non-hydrogen) atoms. The third kappa shape index (κ3) is 3.18. The van der Waals surface area contributed by atoms with Gasteiger partial charge in [0.25, 0.3) is 0 Å². The SMILES string of the molecule is C.COC(C)C(C)(C)OC. The minimum Gasteiger partial charge on any atom is -0.379 e. The molecule has 64 valence electrons. The topological polar surface area (TPSA) is 18.5 Å². The number of methoxy groups -OCH3 is 2. The summed E-state index contributed by atoms with van der Waals surface area (Å²) < 4.78 is 10.2. The van der Waals surface area contributed by atoms with Gasteiger partial charge in [0, 0.05) is 14.2 Å². The lowest BCUT2D eigenvalue weighted by Gasteiger charge is -2.28. The van der Waals surface area contributed by atoms with E-state index in [0.29, 0.717) is 0 Å². The maximum absolute atomic E-state index is 5.17. The second kappa shape index (κ2) is 4.69. The largest absolute Gasteiger partial charge is 0.379 e. The molecule has 0 aromatic rings. The van der Waals surface area contributed by atoms with E-state index >= 15 is 0 Å². The molecule has 2 heteroatoms. The first-order valence-corrected chi connectivity index (χ1v) is 3.12. The normalized spacial score (nSPS) is 14.1. The monoisotopic (exact) mass is 148 g/mol. The molecule has 0 saturated heterocycles. The van der Waals surface area contributed by atoms with Gasteiger partial charge < -0.3 is 9.47 Å². The highest BCUT2D eigenvalue weighted by atomic mass is 16.5. The summed E-state index contributed by atoms with van der Waals surface area (Å²) in [5.74, 6) is 0. The van der Waals surface area contributed by atoms with Crippen molar-refractivity contribution in [1.29, 1.82) is 0 Å². The highest BCUT2D eigenvalue weighted by Gasteiger charge is 2.24. The molecule has 1 unspecified atom stereocenters. The second-order valence-electron chi connectivity index (χ2n) is 2.69. The summed E-state index contributed by atoms with van der Waals surface area (Å²) in [6, 6.07) is 0. The molecule has 0 radical (unpaired) electrons. The van der Waals surface area contributed by atoms with Crippen LogP contribution in [-0.2, 0) is 9.47 Å². The molecular formula is C8H20O2. The summed E-state index contributed by atoms with van der Waals surface area (Å²) in [6.07, 6.45) is 0.141. The Balaban J connectivity index is 0. The van der Waals surface area contributed by atoms with Crippen molar-refractivity contribution < 1.29 is 9.47 Å². The van der Waals surface area contributed by atoms with Crippen LogP contribution in [-0.4, -0.2) is 25.9 Å². The van der Waals surface area contributed by atoms with Gasteiger partial charge in [0.1, 0.15) is 0 Å². The summed E-state index contributed by atoms with van der Waals surface area (Å²) >= 11 is 0. The van der Waals surface area contributed by atoms with Crippen molar-refractivity contribution in [2.75, 3.05) is 14.2 Å². The smallest absolute Gasteiger partial charge is 0.0880 e. The fraction of sp³-hybridized carbons (Fsp3) is 1.00. The van der Waals surface area contributed by atoms with E-state index in [4.69, 9.17) is 9.47 Å². The summed E-state index contributed by atoms with van der Waals surface area (Å²) in [5.41, 5.74) is -0.172. The Kier molecular flexibility index (Phi) is 5.90. The molecule has 0 aliphatic rings. The number of hydrogen-bond acceptors (Lipinski definition) is 2. The van der Waals surface area contributed by atoms with Crippen LogP contribution in [0.1, 0.15) is 28.2 Å². The van der Waals surface area contributed by atoms with Crippen LogP contribution in [0.3, 0.4) is 0 Å². The molecule has 0 amide bonds. The zero-order valence-corrected chi connectivity index (χ0v) is 6.89. The van der Waals surface area contributed by atoms with E-state index in [1.54, 1.807) is 14.2 Å². The first-order valence-electron chi connectivity index (χ1n) is 3.12. The van der Waals surface area contributed by atoms with Crippen molar-refractivity contribution in [3.8, 4) is 0 Å². The van der Waals surface area contributed by atoms with Crippen LogP contribution in [0.2, 0.25) is 0 Å². The Bertz CT molecular complexity index is 79.3. The number of rotatable bonds is 3. The first kappa shape index (κ1) is 12.6. The van der Waals surface area contributed by atoms with Crippen molar-refractivity contribution in [2.24, 2.45) is 0 Å². The Hall–Kier alpha value is -0.0800. The maximum Gasteiger partial charge on any atom is 0.0880 e. The maximum atomic E-state index is 5.17. The van der Waals surface area contributed by atoms with E-state index < -0.39 is 0 Å². The van der Waals surface area contributed by atoms with Crippen molar-refractivity contribution in [1.82, 2.24) is 0 Å². The Morgan fingerprint density at radius 1 is 1.20 bits per heavy atom. The van der Waals surface area contributed by atoms with Crippen LogP contribution in [0, 0.1) is 0 Å². The van der Waals surface area contributed by atoms with Crippen LogP contribution in [0.4, 0.5) is 0 Å². The third-order valence-electron chi connectivity index (χ3n) is 1.86. The number of ether oxygens (including phenoxy) is 2. The lowest BCUT2D eigenvalue weighted by atomic mass is 10.0. The minimum atomic E-state index is -0.172. The van der Waals surface area contributed by atoms with Crippen molar-refractivity contribution in [2.45, 2.75) is 39.9 Å². The van der Waals surface area contributed by atoms with E-state index in [9.17, 15) is 0 Å². The average molecular weight is 148 g/mol. The fourth-order valence-corrected chi connectivity index (χ4v) is 0.450. The minimum absolute atomic E-state index is 0. The quantitative estimate of drug-likeness (QED) is 0.610. The molecule has 0 aliphatic carbocycles. The predicted molar refractivity (Wildman–Crippen MR) is 44.3 cm³/mol. The van der Waals surface area contributed by atoms with Crippen LogP contribution in [0.15, 0.2) is 0 Å². The lowest BCUT2D eigenvalue weighted by molar-refractivity contribution is -0.0858. The van der Waals surface area contributed by atoms with Gasteiger partial charge in [0.2, 0.25) is 0 Å². The molecule has 0 spiro atoms. The van der Waals surface area contributed by atoms with Crippen LogP contribution in [0.5, 0.6) is 0 Å². The molecule has 2 nitrogen and oxygen atoms in total. The Labute approximate surface area is 64.5 Å².